The van der Waals surface area contributed by atoms with E-state index in [1.165, 1.54) is 36.5 Å². The van der Waals surface area contributed by atoms with Crippen LogP contribution in [0.2, 0.25) is 0 Å². The Morgan fingerprint density at radius 1 is 1.37 bits per heavy atom. The number of phenols is 1. The molecule has 1 heterocycles. The first-order valence-electron chi connectivity index (χ1n) is 9.49. The lowest BCUT2D eigenvalue weighted by Gasteiger charge is -2.40. The maximum Gasteiger partial charge on any atom is 0.248 e. The fraction of sp³-hybridized carbons (Fsp3) is 0.227. The molecule has 0 aliphatic heterocycles. The molecule has 1 amide bonds. The van der Waals surface area contributed by atoms with E-state index in [0.717, 1.165) is 19.3 Å². The van der Waals surface area contributed by atoms with E-state index in [1.54, 1.807) is 12.3 Å². The normalized spacial score (nSPS) is 15.9. The van der Waals surface area contributed by atoms with Crippen LogP contribution in [0.4, 0.5) is 4.39 Å². The highest BCUT2D eigenvalue weighted by Gasteiger charge is 2.41. The molecule has 8 heteroatoms. The zero-order valence-electron chi connectivity index (χ0n) is 16.4. The number of carbonyl (C=O) groups excluding carboxylic acids is 1. The van der Waals surface area contributed by atoms with E-state index in [9.17, 15) is 14.3 Å². The summed E-state index contributed by atoms with van der Waals surface area (Å²) in [5, 5.41) is 13.0. The summed E-state index contributed by atoms with van der Waals surface area (Å²) in [7, 11) is 0. The van der Waals surface area contributed by atoms with Crippen molar-refractivity contribution >= 4 is 17.4 Å². The van der Waals surface area contributed by atoms with Gasteiger partial charge in [0.25, 0.3) is 0 Å². The molecule has 1 aliphatic carbocycles. The van der Waals surface area contributed by atoms with Gasteiger partial charge in [-0.15, -0.1) is 0 Å². The molecule has 0 spiro atoms. The van der Waals surface area contributed by atoms with Crippen molar-refractivity contribution in [3.8, 4) is 5.75 Å². The number of carbonyl (C=O) groups is 1. The summed E-state index contributed by atoms with van der Waals surface area (Å²) >= 11 is 0. The van der Waals surface area contributed by atoms with Gasteiger partial charge in [-0.1, -0.05) is 19.1 Å². The van der Waals surface area contributed by atoms with Crippen LogP contribution in [0.3, 0.4) is 0 Å². The van der Waals surface area contributed by atoms with Crippen LogP contribution in [-0.2, 0) is 5.41 Å². The van der Waals surface area contributed by atoms with Gasteiger partial charge in [-0.2, -0.15) is 0 Å². The average Bonchev–Trinajstić information content (AvgIpc) is 2.69. The van der Waals surface area contributed by atoms with E-state index in [-0.39, 0.29) is 23.1 Å². The van der Waals surface area contributed by atoms with Crippen molar-refractivity contribution in [3.63, 3.8) is 0 Å². The Kier molecular flexibility index (Phi) is 6.15. The number of phenolic OH excluding ortho intramolecular Hbond substituents is 1. The number of hydrogen-bond donors (Lipinski definition) is 4. The Morgan fingerprint density at radius 3 is 2.73 bits per heavy atom. The molecular weight excluding hydrogens is 385 g/mol. The van der Waals surface area contributed by atoms with Crippen LogP contribution in [-0.4, -0.2) is 28.5 Å². The SMILES string of the molecule is C=C/C(=C\NC(N)=NCC1(c2ncccc2F)CCC1)c1cc(C(N)=O)ccc1O. The molecule has 2 aromatic rings. The summed E-state index contributed by atoms with van der Waals surface area (Å²) in [6.07, 6.45) is 7.15. The third-order valence-electron chi connectivity index (χ3n) is 5.31. The number of guanidine groups is 1. The van der Waals surface area contributed by atoms with E-state index < -0.39 is 11.3 Å². The molecule has 0 unspecified atom stereocenters. The van der Waals surface area contributed by atoms with Gasteiger partial charge in [-0.3, -0.25) is 14.8 Å². The van der Waals surface area contributed by atoms with E-state index in [2.05, 4.69) is 21.9 Å². The summed E-state index contributed by atoms with van der Waals surface area (Å²) < 4.78 is 14.2. The number of rotatable bonds is 7. The molecule has 0 radical (unpaired) electrons. The zero-order chi connectivity index (χ0) is 21.7. The van der Waals surface area contributed by atoms with Crippen LogP contribution in [0.15, 0.2) is 60.4 Å². The summed E-state index contributed by atoms with van der Waals surface area (Å²) in [4.78, 5) is 20.0. The van der Waals surface area contributed by atoms with Gasteiger partial charge >= 0.3 is 0 Å². The van der Waals surface area contributed by atoms with Crippen molar-refractivity contribution in [2.45, 2.75) is 24.7 Å². The molecule has 7 nitrogen and oxygen atoms in total. The summed E-state index contributed by atoms with van der Waals surface area (Å²) in [6.45, 7) is 4.03. The number of nitrogens with zero attached hydrogens (tertiary/aromatic N) is 2. The molecule has 1 aromatic carbocycles. The van der Waals surface area contributed by atoms with Gasteiger partial charge in [0, 0.05) is 34.5 Å². The number of halogens is 1. The number of allylic oxidation sites excluding steroid dienone is 2. The number of pyridine rings is 1. The second-order valence-corrected chi connectivity index (χ2v) is 7.21. The minimum atomic E-state index is -0.610. The van der Waals surface area contributed by atoms with Gasteiger partial charge in [-0.25, -0.2) is 4.39 Å². The maximum atomic E-state index is 14.2. The van der Waals surface area contributed by atoms with Gasteiger partial charge < -0.3 is 21.9 Å². The van der Waals surface area contributed by atoms with Crippen molar-refractivity contribution in [2.24, 2.45) is 16.5 Å². The monoisotopic (exact) mass is 409 g/mol. The van der Waals surface area contributed by atoms with Gasteiger partial charge in [0.05, 0.1) is 12.2 Å². The van der Waals surface area contributed by atoms with Crippen LogP contribution in [0.25, 0.3) is 5.57 Å². The van der Waals surface area contributed by atoms with Crippen LogP contribution in [0, 0.1) is 5.82 Å². The highest BCUT2D eigenvalue weighted by atomic mass is 19.1. The highest BCUT2D eigenvalue weighted by molar-refractivity contribution is 5.95. The quantitative estimate of drug-likeness (QED) is 0.318. The number of nitrogens with one attached hydrogen (secondary N) is 1. The molecule has 30 heavy (non-hydrogen) atoms. The molecule has 1 aliphatic rings. The van der Waals surface area contributed by atoms with Crippen molar-refractivity contribution < 1.29 is 14.3 Å². The third-order valence-corrected chi connectivity index (χ3v) is 5.31. The predicted octanol–water partition coefficient (Wildman–Crippen LogP) is 2.58. The van der Waals surface area contributed by atoms with E-state index >= 15 is 0 Å². The fourth-order valence-electron chi connectivity index (χ4n) is 3.45. The largest absolute Gasteiger partial charge is 0.507 e. The molecule has 3 rings (SSSR count). The fourth-order valence-corrected chi connectivity index (χ4v) is 3.45. The number of nitrogens with two attached hydrogens (primary N) is 2. The maximum absolute atomic E-state index is 14.2. The number of primary amides is 1. The van der Waals surface area contributed by atoms with Crippen molar-refractivity contribution in [1.29, 1.82) is 0 Å². The number of amides is 1. The number of aromatic nitrogens is 1. The first-order chi connectivity index (χ1) is 14.4. The number of hydrogen-bond acceptors (Lipinski definition) is 4. The second-order valence-electron chi connectivity index (χ2n) is 7.21. The van der Waals surface area contributed by atoms with Crippen LogP contribution in [0.1, 0.15) is 40.9 Å². The van der Waals surface area contributed by atoms with Crippen LogP contribution >= 0.6 is 0 Å². The Labute approximate surface area is 174 Å². The summed E-state index contributed by atoms with van der Waals surface area (Å²) in [5.41, 5.74) is 12.4. The molecular formula is C22H24FN5O2. The Balaban J connectivity index is 1.77. The summed E-state index contributed by atoms with van der Waals surface area (Å²) in [5.74, 6) is -0.858. The van der Waals surface area contributed by atoms with Crippen LogP contribution < -0.4 is 16.8 Å². The standard InChI is InChI=1S/C22H24FN5O2/c1-2-14(16-11-15(20(24)30)6-7-18(16)29)12-27-21(25)28-13-22(8-4-9-22)19-17(23)5-3-10-26-19/h2-3,5-7,10-12,29H,1,4,8-9,13H2,(H2,24,30)(H3,25,27,28)/b14-12+. The third kappa shape index (κ3) is 4.32. The van der Waals surface area contributed by atoms with Crippen molar-refractivity contribution in [3.05, 3.63) is 78.0 Å². The molecule has 1 fully saturated rings. The van der Waals surface area contributed by atoms with E-state index in [0.29, 0.717) is 23.4 Å². The van der Waals surface area contributed by atoms with Gasteiger partial charge in [0.1, 0.15) is 11.6 Å². The van der Waals surface area contributed by atoms with E-state index in [1.807, 2.05) is 0 Å². The zero-order valence-corrected chi connectivity index (χ0v) is 16.4. The lowest BCUT2D eigenvalue weighted by molar-refractivity contribution is 0.1000. The first kappa shape index (κ1) is 21.0. The molecule has 1 aromatic heterocycles. The molecule has 0 saturated heterocycles. The molecule has 0 bridgehead atoms. The molecule has 6 N–H and O–H groups in total. The Hall–Kier alpha value is -3.68. The summed E-state index contributed by atoms with van der Waals surface area (Å²) in [6, 6.07) is 7.24. The second kappa shape index (κ2) is 8.77. The highest BCUT2D eigenvalue weighted by Crippen LogP contribution is 2.43. The number of aliphatic imine (C=N–C) groups is 1. The lowest BCUT2D eigenvalue weighted by Crippen LogP contribution is -2.40. The lowest BCUT2D eigenvalue weighted by atomic mass is 9.66. The Morgan fingerprint density at radius 2 is 2.13 bits per heavy atom. The van der Waals surface area contributed by atoms with Gasteiger partial charge in [0.15, 0.2) is 5.96 Å². The van der Waals surface area contributed by atoms with E-state index in [4.69, 9.17) is 11.5 Å². The molecule has 156 valence electrons. The number of benzene rings is 1. The first-order valence-corrected chi connectivity index (χ1v) is 9.49. The molecule has 1 saturated carbocycles. The minimum absolute atomic E-state index is 0.0393. The predicted molar refractivity (Wildman–Crippen MR) is 114 cm³/mol. The van der Waals surface area contributed by atoms with Crippen molar-refractivity contribution in [2.75, 3.05) is 6.54 Å². The average molecular weight is 409 g/mol. The van der Waals surface area contributed by atoms with Crippen LogP contribution in [0.5, 0.6) is 5.75 Å². The smallest absolute Gasteiger partial charge is 0.248 e. The molecule has 0 atom stereocenters. The minimum Gasteiger partial charge on any atom is -0.507 e. The Bertz CT molecular complexity index is 1030. The van der Waals surface area contributed by atoms with Crippen molar-refractivity contribution in [1.82, 2.24) is 10.3 Å². The van der Waals surface area contributed by atoms with Gasteiger partial charge in [0.2, 0.25) is 5.91 Å². The number of aromatic hydroxyl groups is 1. The van der Waals surface area contributed by atoms with Gasteiger partial charge in [-0.05, 0) is 43.2 Å². The topological polar surface area (TPSA) is 127 Å².